The molecule has 1 saturated heterocycles. The summed E-state index contributed by atoms with van der Waals surface area (Å²) in [5.41, 5.74) is 4.68. The van der Waals surface area contributed by atoms with Gasteiger partial charge in [-0.15, -0.1) is 0 Å². The summed E-state index contributed by atoms with van der Waals surface area (Å²) in [6.45, 7) is 2.50. The highest BCUT2D eigenvalue weighted by Gasteiger charge is 2.17. The number of nitrogens with one attached hydrogen (secondary N) is 1. The second-order valence-electron chi connectivity index (χ2n) is 3.32. The van der Waals surface area contributed by atoms with E-state index in [1.165, 1.54) is 6.07 Å². The fraction of sp³-hybridized carbons (Fsp3) is 0.400. The molecule has 0 aliphatic carbocycles. The maximum absolute atomic E-state index is 12.9. The van der Waals surface area contributed by atoms with E-state index >= 15 is 0 Å². The van der Waals surface area contributed by atoms with Crippen LogP contribution in [0.2, 0.25) is 0 Å². The van der Waals surface area contributed by atoms with Crippen molar-refractivity contribution in [2.75, 3.05) is 6.61 Å². The topological polar surface area (TPSA) is 21.3 Å². The van der Waals surface area contributed by atoms with Gasteiger partial charge < -0.3 is 4.84 Å². The third-order valence-electron chi connectivity index (χ3n) is 2.32. The van der Waals surface area contributed by atoms with Crippen LogP contribution in [-0.2, 0) is 4.84 Å². The Morgan fingerprint density at radius 1 is 1.54 bits per heavy atom. The zero-order valence-corrected chi connectivity index (χ0v) is 7.51. The fourth-order valence-corrected chi connectivity index (χ4v) is 1.51. The Morgan fingerprint density at radius 3 is 3.00 bits per heavy atom. The molecule has 1 unspecified atom stereocenters. The van der Waals surface area contributed by atoms with Gasteiger partial charge in [0.2, 0.25) is 0 Å². The lowest BCUT2D eigenvalue weighted by Crippen LogP contribution is -2.11. The Morgan fingerprint density at radius 2 is 2.38 bits per heavy atom. The molecule has 1 aromatic carbocycles. The molecule has 1 aromatic rings. The number of benzene rings is 1. The fourth-order valence-electron chi connectivity index (χ4n) is 1.51. The maximum atomic E-state index is 12.9. The van der Waals surface area contributed by atoms with Crippen LogP contribution in [0.3, 0.4) is 0 Å². The van der Waals surface area contributed by atoms with Gasteiger partial charge in [-0.2, -0.15) is 5.48 Å². The van der Waals surface area contributed by atoms with Crippen LogP contribution >= 0.6 is 0 Å². The van der Waals surface area contributed by atoms with Crippen molar-refractivity contribution >= 4 is 0 Å². The van der Waals surface area contributed by atoms with E-state index in [1.54, 1.807) is 13.0 Å². The van der Waals surface area contributed by atoms with Crippen molar-refractivity contribution in [1.29, 1.82) is 0 Å². The molecule has 0 bridgehead atoms. The summed E-state index contributed by atoms with van der Waals surface area (Å²) in [7, 11) is 0. The first-order chi connectivity index (χ1) is 6.27. The minimum atomic E-state index is -0.150. The summed E-state index contributed by atoms with van der Waals surface area (Å²) in [4.78, 5) is 5.04. The molecule has 13 heavy (non-hydrogen) atoms. The molecule has 1 fully saturated rings. The lowest BCUT2D eigenvalue weighted by atomic mass is 10.0. The minimum absolute atomic E-state index is 0.150. The van der Waals surface area contributed by atoms with Crippen LogP contribution in [0.5, 0.6) is 0 Å². The summed E-state index contributed by atoms with van der Waals surface area (Å²) < 4.78 is 12.9. The van der Waals surface area contributed by atoms with Crippen molar-refractivity contribution in [3.63, 3.8) is 0 Å². The number of hydrogen-bond acceptors (Lipinski definition) is 2. The molecule has 0 amide bonds. The average molecular weight is 181 g/mol. The first kappa shape index (κ1) is 8.66. The van der Waals surface area contributed by atoms with Gasteiger partial charge >= 0.3 is 0 Å². The Labute approximate surface area is 76.7 Å². The van der Waals surface area contributed by atoms with Crippen LogP contribution in [0.25, 0.3) is 0 Å². The van der Waals surface area contributed by atoms with Gasteiger partial charge in [-0.1, -0.05) is 12.1 Å². The smallest absolute Gasteiger partial charge is 0.126 e. The van der Waals surface area contributed by atoms with Crippen molar-refractivity contribution in [2.24, 2.45) is 0 Å². The highest BCUT2D eigenvalue weighted by atomic mass is 19.1. The van der Waals surface area contributed by atoms with Gasteiger partial charge in [0.15, 0.2) is 0 Å². The minimum Gasteiger partial charge on any atom is -0.301 e. The number of hydrogen-bond donors (Lipinski definition) is 1. The lowest BCUT2D eigenvalue weighted by Gasteiger charge is -2.09. The van der Waals surface area contributed by atoms with Crippen LogP contribution in [0.1, 0.15) is 23.6 Å². The summed E-state index contributed by atoms with van der Waals surface area (Å²) in [5.74, 6) is -0.150. The molecule has 2 nitrogen and oxygen atoms in total. The maximum Gasteiger partial charge on any atom is 0.126 e. The number of hydroxylamine groups is 1. The van der Waals surface area contributed by atoms with E-state index in [2.05, 4.69) is 5.48 Å². The first-order valence-corrected chi connectivity index (χ1v) is 4.41. The van der Waals surface area contributed by atoms with E-state index in [1.807, 2.05) is 6.07 Å². The van der Waals surface area contributed by atoms with E-state index in [4.69, 9.17) is 4.84 Å². The van der Waals surface area contributed by atoms with Gasteiger partial charge in [0.25, 0.3) is 0 Å². The van der Waals surface area contributed by atoms with Gasteiger partial charge in [-0.25, -0.2) is 4.39 Å². The molecule has 1 heterocycles. The quantitative estimate of drug-likeness (QED) is 0.716. The van der Waals surface area contributed by atoms with Crippen LogP contribution in [0.4, 0.5) is 4.39 Å². The lowest BCUT2D eigenvalue weighted by molar-refractivity contribution is 0.0882. The van der Waals surface area contributed by atoms with E-state index in [0.29, 0.717) is 5.56 Å². The summed E-state index contributed by atoms with van der Waals surface area (Å²) in [5, 5.41) is 0. The van der Waals surface area contributed by atoms with Gasteiger partial charge in [-0.3, -0.25) is 0 Å². The van der Waals surface area contributed by atoms with E-state index in [0.717, 1.165) is 18.6 Å². The second kappa shape index (κ2) is 3.44. The van der Waals surface area contributed by atoms with Crippen LogP contribution < -0.4 is 5.48 Å². The van der Waals surface area contributed by atoms with E-state index in [-0.39, 0.29) is 11.9 Å². The normalized spacial score (nSPS) is 22.2. The SMILES string of the molecule is Cc1cc(C2CCON2)ccc1F. The van der Waals surface area contributed by atoms with Crippen LogP contribution in [0.15, 0.2) is 18.2 Å². The van der Waals surface area contributed by atoms with Gasteiger partial charge in [0.05, 0.1) is 12.6 Å². The molecule has 1 atom stereocenters. The molecular weight excluding hydrogens is 169 g/mol. The van der Waals surface area contributed by atoms with Crippen molar-refractivity contribution in [3.8, 4) is 0 Å². The molecule has 2 rings (SSSR count). The molecule has 3 heteroatoms. The van der Waals surface area contributed by atoms with Crippen LogP contribution in [0, 0.1) is 12.7 Å². The van der Waals surface area contributed by atoms with Crippen molar-refractivity contribution in [2.45, 2.75) is 19.4 Å². The summed E-state index contributed by atoms with van der Waals surface area (Å²) in [6, 6.07) is 5.39. The third kappa shape index (κ3) is 1.71. The Kier molecular flexibility index (Phi) is 2.29. The number of rotatable bonds is 1. The zero-order chi connectivity index (χ0) is 9.26. The van der Waals surface area contributed by atoms with Crippen molar-refractivity contribution in [1.82, 2.24) is 5.48 Å². The van der Waals surface area contributed by atoms with Gasteiger partial charge in [-0.05, 0) is 30.5 Å². The highest BCUT2D eigenvalue weighted by molar-refractivity contribution is 5.26. The molecule has 1 aliphatic heterocycles. The molecule has 0 aromatic heterocycles. The largest absolute Gasteiger partial charge is 0.301 e. The summed E-state index contributed by atoms with van der Waals surface area (Å²) in [6.07, 6.45) is 0.949. The monoisotopic (exact) mass is 181 g/mol. The number of halogens is 1. The Bertz CT molecular complexity index is 308. The molecule has 0 spiro atoms. The standard InChI is InChI=1S/C10H12FNO/c1-7-6-8(2-3-9(7)11)10-4-5-13-12-10/h2-3,6,10,12H,4-5H2,1H3. The first-order valence-electron chi connectivity index (χ1n) is 4.41. The molecule has 0 saturated carbocycles. The van der Waals surface area contributed by atoms with Gasteiger partial charge in [0, 0.05) is 0 Å². The molecule has 1 N–H and O–H groups in total. The predicted octanol–water partition coefficient (Wildman–Crippen LogP) is 2.10. The molecule has 70 valence electrons. The van der Waals surface area contributed by atoms with Crippen LogP contribution in [-0.4, -0.2) is 6.61 Å². The molecule has 0 radical (unpaired) electrons. The van der Waals surface area contributed by atoms with Gasteiger partial charge in [0.1, 0.15) is 5.82 Å². The second-order valence-corrected chi connectivity index (χ2v) is 3.32. The number of aryl methyl sites for hydroxylation is 1. The highest BCUT2D eigenvalue weighted by Crippen LogP contribution is 2.22. The molecule has 1 aliphatic rings. The predicted molar refractivity (Wildman–Crippen MR) is 47.6 cm³/mol. The van der Waals surface area contributed by atoms with E-state index in [9.17, 15) is 4.39 Å². The Balaban J connectivity index is 2.25. The average Bonchev–Trinajstić information content (AvgIpc) is 2.62. The zero-order valence-electron chi connectivity index (χ0n) is 7.51. The Hall–Kier alpha value is -0.930. The van der Waals surface area contributed by atoms with Crippen molar-refractivity contribution < 1.29 is 9.23 Å². The van der Waals surface area contributed by atoms with Crippen molar-refractivity contribution in [3.05, 3.63) is 35.1 Å². The summed E-state index contributed by atoms with van der Waals surface area (Å²) >= 11 is 0. The van der Waals surface area contributed by atoms with E-state index < -0.39 is 0 Å². The molecular formula is C10H12FNO. The third-order valence-corrected chi connectivity index (χ3v) is 2.32.